The molecule has 0 saturated heterocycles. The van der Waals surface area contributed by atoms with Gasteiger partial charge in [0.1, 0.15) is 0 Å². The Balaban J connectivity index is 2.08. The molecule has 0 aliphatic rings. The van der Waals surface area contributed by atoms with Gasteiger partial charge in [0.05, 0.1) is 6.20 Å². The third-order valence-corrected chi connectivity index (χ3v) is 2.02. The van der Waals surface area contributed by atoms with Crippen LogP contribution in [-0.4, -0.2) is 21.7 Å². The molecule has 17 heavy (non-hydrogen) atoms. The first kappa shape index (κ1) is 11.1. The average Bonchev–Trinajstić information content (AvgIpc) is 2.38. The van der Waals surface area contributed by atoms with Crippen molar-refractivity contribution < 1.29 is 0 Å². The van der Waals surface area contributed by atoms with E-state index in [1.807, 2.05) is 30.3 Å². The minimum atomic E-state index is 0.463. The third-order valence-electron chi connectivity index (χ3n) is 2.02. The molecule has 0 amide bonds. The van der Waals surface area contributed by atoms with Crippen LogP contribution < -0.4 is 10.6 Å². The van der Waals surface area contributed by atoms with Crippen LogP contribution in [0, 0.1) is 0 Å². The molecule has 86 valence electrons. The largest absolute Gasteiger partial charge is 0.365 e. The molecule has 0 fully saturated rings. The maximum atomic E-state index is 4.26. The molecule has 1 aromatic heterocycles. The fourth-order valence-electron chi connectivity index (χ4n) is 1.27. The van der Waals surface area contributed by atoms with Crippen LogP contribution in [0.15, 0.2) is 49.2 Å². The number of nitrogens with one attached hydrogen (secondary N) is 2. The molecular weight excluding hydrogens is 214 g/mol. The van der Waals surface area contributed by atoms with Gasteiger partial charge in [0.25, 0.3) is 0 Å². The Labute approximate surface area is 99.6 Å². The highest BCUT2D eigenvalue weighted by Gasteiger charge is 1.99. The van der Waals surface area contributed by atoms with Crippen LogP contribution in [-0.2, 0) is 0 Å². The summed E-state index contributed by atoms with van der Waals surface area (Å²) in [5, 5.41) is 13.9. The van der Waals surface area contributed by atoms with E-state index in [1.165, 1.54) is 0 Å². The van der Waals surface area contributed by atoms with Crippen LogP contribution in [0.5, 0.6) is 0 Å². The van der Waals surface area contributed by atoms with Gasteiger partial charge in [-0.2, -0.15) is 10.1 Å². The summed E-state index contributed by atoms with van der Waals surface area (Å²) < 4.78 is 0. The standard InChI is InChI=1S/C12H13N5/c1-2-8-13-11-9-14-17-12(16-11)15-10-6-4-3-5-7-10/h2-7,9H,1,8H2,(H2,13,15,16,17). The topological polar surface area (TPSA) is 62.7 Å². The SMILES string of the molecule is C=CCNc1cnnc(Nc2ccccc2)n1. The van der Waals surface area contributed by atoms with Crippen molar-refractivity contribution in [3.63, 3.8) is 0 Å². The predicted molar refractivity (Wildman–Crippen MR) is 68.2 cm³/mol. The van der Waals surface area contributed by atoms with Crippen molar-refractivity contribution in [2.45, 2.75) is 0 Å². The van der Waals surface area contributed by atoms with Gasteiger partial charge < -0.3 is 10.6 Å². The molecule has 0 aliphatic carbocycles. The number of hydrogen-bond donors (Lipinski definition) is 2. The zero-order valence-corrected chi connectivity index (χ0v) is 9.30. The predicted octanol–water partition coefficient (Wildman–Crippen LogP) is 2.21. The molecule has 0 bridgehead atoms. The second kappa shape index (κ2) is 5.60. The summed E-state index contributed by atoms with van der Waals surface area (Å²) in [4.78, 5) is 4.26. The second-order valence-electron chi connectivity index (χ2n) is 3.33. The first-order valence-electron chi connectivity index (χ1n) is 5.25. The Hall–Kier alpha value is -2.43. The fourth-order valence-corrected chi connectivity index (χ4v) is 1.27. The molecule has 0 aliphatic heterocycles. The maximum Gasteiger partial charge on any atom is 0.249 e. The van der Waals surface area contributed by atoms with Crippen molar-refractivity contribution in [2.75, 3.05) is 17.2 Å². The van der Waals surface area contributed by atoms with E-state index < -0.39 is 0 Å². The van der Waals surface area contributed by atoms with Crippen molar-refractivity contribution in [2.24, 2.45) is 0 Å². The van der Waals surface area contributed by atoms with Crippen LogP contribution in [0.3, 0.4) is 0 Å². The van der Waals surface area contributed by atoms with E-state index in [1.54, 1.807) is 12.3 Å². The van der Waals surface area contributed by atoms with E-state index in [4.69, 9.17) is 0 Å². The quantitative estimate of drug-likeness (QED) is 0.767. The fraction of sp³-hybridized carbons (Fsp3) is 0.0833. The molecule has 0 radical (unpaired) electrons. The van der Waals surface area contributed by atoms with Gasteiger partial charge in [0.2, 0.25) is 5.95 Å². The van der Waals surface area contributed by atoms with Gasteiger partial charge in [-0.25, -0.2) is 0 Å². The van der Waals surface area contributed by atoms with Crippen LogP contribution in [0.2, 0.25) is 0 Å². The van der Waals surface area contributed by atoms with Crippen LogP contribution >= 0.6 is 0 Å². The van der Waals surface area contributed by atoms with E-state index in [-0.39, 0.29) is 0 Å². The van der Waals surface area contributed by atoms with Crippen molar-refractivity contribution in [3.05, 3.63) is 49.2 Å². The number of benzene rings is 1. The van der Waals surface area contributed by atoms with Crippen LogP contribution in [0.4, 0.5) is 17.5 Å². The van der Waals surface area contributed by atoms with Gasteiger partial charge in [-0.3, -0.25) is 0 Å². The minimum Gasteiger partial charge on any atom is -0.365 e. The lowest BCUT2D eigenvalue weighted by molar-refractivity contribution is 0.976. The number of aromatic nitrogens is 3. The maximum absolute atomic E-state index is 4.26. The number of nitrogens with zero attached hydrogens (tertiary/aromatic N) is 3. The summed E-state index contributed by atoms with van der Waals surface area (Å²) >= 11 is 0. The Morgan fingerprint density at radius 3 is 2.82 bits per heavy atom. The van der Waals surface area contributed by atoms with E-state index in [2.05, 4.69) is 32.4 Å². The summed E-state index contributed by atoms with van der Waals surface area (Å²) in [6.07, 6.45) is 3.33. The van der Waals surface area contributed by atoms with Gasteiger partial charge in [-0.1, -0.05) is 24.3 Å². The molecule has 5 heteroatoms. The average molecular weight is 227 g/mol. The van der Waals surface area contributed by atoms with E-state index in [9.17, 15) is 0 Å². The molecule has 2 rings (SSSR count). The minimum absolute atomic E-state index is 0.463. The van der Waals surface area contributed by atoms with E-state index in [0.29, 0.717) is 18.3 Å². The number of para-hydroxylation sites is 1. The zero-order valence-electron chi connectivity index (χ0n) is 9.30. The molecule has 5 nitrogen and oxygen atoms in total. The summed E-state index contributed by atoms with van der Waals surface area (Å²) in [6.45, 7) is 4.27. The molecule has 2 N–H and O–H groups in total. The number of anilines is 3. The van der Waals surface area contributed by atoms with Gasteiger partial charge in [-0.05, 0) is 12.1 Å². The van der Waals surface area contributed by atoms with Crippen molar-refractivity contribution in [1.82, 2.24) is 15.2 Å². The Morgan fingerprint density at radius 2 is 2.06 bits per heavy atom. The third kappa shape index (κ3) is 3.27. The molecule has 0 atom stereocenters. The van der Waals surface area contributed by atoms with Crippen molar-refractivity contribution >= 4 is 17.5 Å². The lowest BCUT2D eigenvalue weighted by Gasteiger charge is -2.05. The Morgan fingerprint density at radius 1 is 1.24 bits per heavy atom. The van der Waals surface area contributed by atoms with Gasteiger partial charge in [-0.15, -0.1) is 11.7 Å². The normalized spacial score (nSPS) is 9.65. The lowest BCUT2D eigenvalue weighted by atomic mass is 10.3. The first-order chi connectivity index (χ1) is 8.38. The second-order valence-corrected chi connectivity index (χ2v) is 3.33. The first-order valence-corrected chi connectivity index (χ1v) is 5.25. The van der Waals surface area contributed by atoms with Crippen LogP contribution in [0.25, 0.3) is 0 Å². The Kier molecular flexibility index (Phi) is 3.64. The smallest absolute Gasteiger partial charge is 0.249 e. The van der Waals surface area contributed by atoms with Gasteiger partial charge in [0, 0.05) is 12.2 Å². The highest BCUT2D eigenvalue weighted by molar-refractivity contribution is 5.53. The highest BCUT2D eigenvalue weighted by Crippen LogP contribution is 2.12. The molecule has 0 unspecified atom stereocenters. The molecule has 1 aromatic carbocycles. The molecule has 1 heterocycles. The molecule has 2 aromatic rings. The highest BCUT2D eigenvalue weighted by atomic mass is 15.3. The van der Waals surface area contributed by atoms with Gasteiger partial charge in [0.15, 0.2) is 5.82 Å². The summed E-state index contributed by atoms with van der Waals surface area (Å²) in [7, 11) is 0. The molecular formula is C12H13N5. The number of rotatable bonds is 5. The monoisotopic (exact) mass is 227 g/mol. The number of hydrogen-bond acceptors (Lipinski definition) is 5. The zero-order chi connectivity index (χ0) is 11.9. The molecule has 0 saturated carbocycles. The summed E-state index contributed by atoms with van der Waals surface area (Å²) in [6, 6.07) is 9.71. The van der Waals surface area contributed by atoms with Crippen LogP contribution in [0.1, 0.15) is 0 Å². The van der Waals surface area contributed by atoms with Crippen molar-refractivity contribution in [3.8, 4) is 0 Å². The van der Waals surface area contributed by atoms with E-state index >= 15 is 0 Å². The summed E-state index contributed by atoms with van der Waals surface area (Å²) in [5.74, 6) is 1.13. The summed E-state index contributed by atoms with van der Waals surface area (Å²) in [5.41, 5.74) is 0.926. The Bertz CT molecular complexity index is 483. The van der Waals surface area contributed by atoms with Gasteiger partial charge >= 0.3 is 0 Å². The molecule has 0 spiro atoms. The van der Waals surface area contributed by atoms with Crippen molar-refractivity contribution in [1.29, 1.82) is 0 Å². The lowest BCUT2D eigenvalue weighted by Crippen LogP contribution is -2.05. The van der Waals surface area contributed by atoms with E-state index in [0.717, 1.165) is 5.69 Å².